The van der Waals surface area contributed by atoms with Gasteiger partial charge >= 0.3 is 0 Å². The van der Waals surface area contributed by atoms with Gasteiger partial charge in [0, 0.05) is 38.2 Å². The van der Waals surface area contributed by atoms with E-state index in [-0.39, 0.29) is 36.8 Å². The highest BCUT2D eigenvalue weighted by atomic mass is 35.5. The number of aryl methyl sites for hydroxylation is 2. The van der Waals surface area contributed by atoms with E-state index in [1.54, 1.807) is 49.8 Å². The molecule has 0 spiro atoms. The van der Waals surface area contributed by atoms with Gasteiger partial charge in [-0.3, -0.25) is 4.68 Å². The van der Waals surface area contributed by atoms with Crippen LogP contribution in [0.2, 0.25) is 5.02 Å². The fraction of sp³-hybridized carbons (Fsp3) is 0.500. The Kier molecular flexibility index (Phi) is 6.40. The third-order valence-corrected chi connectivity index (χ3v) is 9.32. The Hall–Kier alpha value is -1.46. The molecule has 1 aliphatic rings. The molecule has 3 rings (SSSR count). The van der Waals surface area contributed by atoms with Crippen molar-refractivity contribution in [3.63, 3.8) is 0 Å². The van der Waals surface area contributed by atoms with Crippen molar-refractivity contribution in [3.05, 3.63) is 46.2 Å². The van der Waals surface area contributed by atoms with Gasteiger partial charge in [0.25, 0.3) is 0 Å². The highest BCUT2D eigenvalue weighted by molar-refractivity contribution is 7.89. The van der Waals surface area contributed by atoms with Crippen LogP contribution in [0.4, 0.5) is 0 Å². The Labute approximate surface area is 177 Å². The van der Waals surface area contributed by atoms with Gasteiger partial charge in [-0.1, -0.05) is 23.7 Å². The standard InChI is InChI=1S/C18H25ClN4O4S2/c1-14-18(15(2)21(3)20-14)29(26,27)23-9-5-8-22(10-11-23)28(24,25)13-16-6-4-7-17(19)12-16/h4,6-7,12H,5,8-11,13H2,1-3H3. The van der Waals surface area contributed by atoms with E-state index in [4.69, 9.17) is 11.6 Å². The van der Waals surface area contributed by atoms with Gasteiger partial charge in [-0.25, -0.2) is 21.1 Å². The fourth-order valence-electron chi connectivity index (χ4n) is 3.57. The van der Waals surface area contributed by atoms with Gasteiger partial charge in [-0.2, -0.15) is 9.40 Å². The van der Waals surface area contributed by atoms with Crippen molar-refractivity contribution < 1.29 is 16.8 Å². The van der Waals surface area contributed by atoms with Crippen LogP contribution in [0.3, 0.4) is 0 Å². The van der Waals surface area contributed by atoms with Crippen molar-refractivity contribution in [2.24, 2.45) is 7.05 Å². The van der Waals surface area contributed by atoms with Gasteiger partial charge in [0.2, 0.25) is 20.0 Å². The second-order valence-corrected chi connectivity index (χ2v) is 11.4. The quantitative estimate of drug-likeness (QED) is 0.679. The lowest BCUT2D eigenvalue weighted by Crippen LogP contribution is -2.38. The molecular weight excluding hydrogens is 436 g/mol. The van der Waals surface area contributed by atoms with Gasteiger partial charge in [-0.05, 0) is 38.0 Å². The maximum atomic E-state index is 13.2. The summed E-state index contributed by atoms with van der Waals surface area (Å²) in [6.07, 6.45) is 0.423. The minimum absolute atomic E-state index is 0.102. The predicted octanol–water partition coefficient (Wildman–Crippen LogP) is 1.92. The Bertz CT molecular complexity index is 1110. The third-order valence-electron chi connectivity index (χ3n) is 5.09. The summed E-state index contributed by atoms with van der Waals surface area (Å²) in [6.45, 7) is 4.14. The first-order valence-electron chi connectivity index (χ1n) is 9.25. The zero-order valence-electron chi connectivity index (χ0n) is 16.7. The lowest BCUT2D eigenvalue weighted by atomic mass is 10.2. The summed E-state index contributed by atoms with van der Waals surface area (Å²) < 4.78 is 56.3. The summed E-state index contributed by atoms with van der Waals surface area (Å²) >= 11 is 5.95. The molecule has 2 heterocycles. The zero-order chi connectivity index (χ0) is 21.4. The van der Waals surface area contributed by atoms with E-state index in [0.717, 1.165) is 0 Å². The molecule has 0 aliphatic carbocycles. The molecule has 0 bridgehead atoms. The molecule has 2 aromatic rings. The molecule has 160 valence electrons. The maximum Gasteiger partial charge on any atom is 0.246 e. The van der Waals surface area contributed by atoms with Crippen molar-refractivity contribution in [3.8, 4) is 0 Å². The predicted molar refractivity (Wildman–Crippen MR) is 112 cm³/mol. The Morgan fingerprint density at radius 1 is 1.03 bits per heavy atom. The van der Waals surface area contributed by atoms with Crippen molar-refractivity contribution >= 4 is 31.6 Å². The van der Waals surface area contributed by atoms with Gasteiger partial charge in [-0.15, -0.1) is 0 Å². The van der Waals surface area contributed by atoms with E-state index in [2.05, 4.69) is 5.10 Å². The smallest absolute Gasteiger partial charge is 0.246 e. The summed E-state index contributed by atoms with van der Waals surface area (Å²) in [4.78, 5) is 0.204. The van der Waals surface area contributed by atoms with E-state index in [0.29, 0.717) is 28.4 Å². The van der Waals surface area contributed by atoms with Crippen LogP contribution in [0.25, 0.3) is 0 Å². The van der Waals surface area contributed by atoms with Crippen molar-refractivity contribution in [2.75, 3.05) is 26.2 Å². The third kappa shape index (κ3) is 4.66. The average molecular weight is 461 g/mol. The van der Waals surface area contributed by atoms with Crippen LogP contribution in [-0.4, -0.2) is 61.4 Å². The summed E-state index contributed by atoms with van der Waals surface area (Å²) in [5.74, 6) is -0.166. The molecule has 0 radical (unpaired) electrons. The first kappa shape index (κ1) is 22.2. The number of hydrogen-bond acceptors (Lipinski definition) is 5. The molecule has 0 unspecified atom stereocenters. The van der Waals surface area contributed by atoms with Gasteiger partial charge in [0.05, 0.1) is 17.1 Å². The average Bonchev–Trinajstić information content (AvgIpc) is 2.80. The minimum atomic E-state index is -3.75. The number of hydrogen-bond donors (Lipinski definition) is 0. The highest BCUT2D eigenvalue weighted by Gasteiger charge is 2.34. The first-order valence-corrected chi connectivity index (χ1v) is 12.7. The molecule has 29 heavy (non-hydrogen) atoms. The Morgan fingerprint density at radius 3 is 2.31 bits per heavy atom. The van der Waals surface area contributed by atoms with Crippen LogP contribution in [-0.2, 0) is 32.8 Å². The highest BCUT2D eigenvalue weighted by Crippen LogP contribution is 2.25. The molecule has 1 aromatic carbocycles. The second kappa shape index (κ2) is 8.35. The Morgan fingerprint density at radius 2 is 1.69 bits per heavy atom. The Balaban J connectivity index is 1.78. The molecule has 8 nitrogen and oxygen atoms in total. The van der Waals surface area contributed by atoms with E-state index in [1.807, 2.05) is 0 Å². The largest absolute Gasteiger partial charge is 0.271 e. The van der Waals surface area contributed by atoms with Crippen LogP contribution in [0.1, 0.15) is 23.4 Å². The first-order chi connectivity index (χ1) is 13.5. The normalized spacial score (nSPS) is 17.4. The van der Waals surface area contributed by atoms with Gasteiger partial charge < -0.3 is 0 Å². The van der Waals surface area contributed by atoms with Crippen molar-refractivity contribution in [1.82, 2.24) is 18.4 Å². The number of rotatable bonds is 5. The zero-order valence-corrected chi connectivity index (χ0v) is 19.1. The number of aromatic nitrogens is 2. The molecule has 1 aliphatic heterocycles. The van der Waals surface area contributed by atoms with Crippen LogP contribution in [0.15, 0.2) is 29.2 Å². The molecule has 0 atom stereocenters. The lowest BCUT2D eigenvalue weighted by Gasteiger charge is -2.22. The summed E-state index contributed by atoms with van der Waals surface area (Å²) in [5.41, 5.74) is 1.62. The van der Waals surface area contributed by atoms with E-state index in [1.165, 1.54) is 8.61 Å². The molecule has 1 fully saturated rings. The van der Waals surface area contributed by atoms with Crippen LogP contribution < -0.4 is 0 Å². The summed E-state index contributed by atoms with van der Waals surface area (Å²) in [6, 6.07) is 6.74. The molecule has 1 aromatic heterocycles. The van der Waals surface area contributed by atoms with Gasteiger partial charge in [0.15, 0.2) is 0 Å². The van der Waals surface area contributed by atoms with Crippen LogP contribution >= 0.6 is 11.6 Å². The van der Waals surface area contributed by atoms with Crippen molar-refractivity contribution in [1.29, 1.82) is 0 Å². The molecule has 0 amide bonds. The molecule has 0 saturated carbocycles. The maximum absolute atomic E-state index is 13.2. The molecule has 1 saturated heterocycles. The summed E-state index contributed by atoms with van der Waals surface area (Å²) in [7, 11) is -5.63. The van der Waals surface area contributed by atoms with Gasteiger partial charge in [0.1, 0.15) is 4.90 Å². The van der Waals surface area contributed by atoms with E-state index >= 15 is 0 Å². The number of nitrogens with zero attached hydrogens (tertiary/aromatic N) is 4. The second-order valence-electron chi connectivity index (χ2n) is 7.17. The SMILES string of the molecule is Cc1nn(C)c(C)c1S(=O)(=O)N1CCCN(S(=O)(=O)Cc2cccc(Cl)c2)CC1. The monoisotopic (exact) mass is 460 g/mol. The molecular formula is C18H25ClN4O4S2. The van der Waals surface area contributed by atoms with Crippen LogP contribution in [0, 0.1) is 13.8 Å². The molecule has 11 heteroatoms. The fourth-order valence-corrected chi connectivity index (χ4v) is 7.21. The topological polar surface area (TPSA) is 92.6 Å². The summed E-state index contributed by atoms with van der Waals surface area (Å²) in [5, 5.41) is 4.68. The lowest BCUT2D eigenvalue weighted by molar-refractivity contribution is 0.404. The van der Waals surface area contributed by atoms with E-state index in [9.17, 15) is 16.8 Å². The minimum Gasteiger partial charge on any atom is -0.271 e. The van der Waals surface area contributed by atoms with E-state index < -0.39 is 20.0 Å². The number of sulfonamides is 2. The number of halogens is 1. The molecule has 0 N–H and O–H groups in total. The van der Waals surface area contributed by atoms with Crippen LogP contribution in [0.5, 0.6) is 0 Å². The van der Waals surface area contributed by atoms with Crippen molar-refractivity contribution in [2.45, 2.75) is 30.9 Å². The number of benzene rings is 1.